The molecule has 10 nitrogen and oxygen atoms in total. The van der Waals surface area contributed by atoms with E-state index in [1.165, 1.54) is 11.3 Å². The number of nitrogens with one attached hydrogen (secondary N) is 1. The topological polar surface area (TPSA) is 101 Å². The number of anilines is 5. The lowest BCUT2D eigenvalue weighted by Crippen LogP contribution is -2.46. The summed E-state index contributed by atoms with van der Waals surface area (Å²) in [6.45, 7) is 8.17. The van der Waals surface area contributed by atoms with E-state index in [4.69, 9.17) is 19.9 Å². The fraction of sp³-hybridized carbons (Fsp3) is 0.385. The molecule has 6 rings (SSSR count). The molecular weight excluding hydrogens is 458 g/mol. The Morgan fingerprint density at radius 2 is 1.58 bits per heavy atom. The monoisotopic (exact) mass is 489 g/mol. The summed E-state index contributed by atoms with van der Waals surface area (Å²) in [6, 6.07) is 16.5. The molecule has 3 aromatic rings. The number of morpholine rings is 1. The van der Waals surface area contributed by atoms with Crippen LogP contribution in [0.1, 0.15) is 5.56 Å². The lowest BCUT2D eigenvalue weighted by Gasteiger charge is -2.35. The number of nitrogens with two attached hydrogens (primary N) is 1. The van der Waals surface area contributed by atoms with Crippen LogP contribution in [-0.4, -0.2) is 74.1 Å². The van der Waals surface area contributed by atoms with Crippen LogP contribution < -0.4 is 30.3 Å². The number of piperazine rings is 1. The van der Waals surface area contributed by atoms with E-state index >= 15 is 0 Å². The Morgan fingerprint density at radius 1 is 0.806 bits per heavy atom. The number of nitrogens with zero attached hydrogens (tertiary/aromatic N) is 5. The molecule has 2 aromatic carbocycles. The molecule has 0 bridgehead atoms. The maximum Gasteiger partial charge on any atom is 0.231 e. The summed E-state index contributed by atoms with van der Waals surface area (Å²) in [4.78, 5) is 15.9. The van der Waals surface area contributed by atoms with Crippen LogP contribution in [0.25, 0.3) is 0 Å². The molecule has 0 aliphatic carbocycles. The van der Waals surface area contributed by atoms with E-state index in [1.54, 1.807) is 0 Å². The third-order valence-electron chi connectivity index (χ3n) is 6.79. The zero-order valence-corrected chi connectivity index (χ0v) is 20.2. The van der Waals surface area contributed by atoms with Gasteiger partial charge < -0.3 is 35.1 Å². The second kappa shape index (κ2) is 10.1. The van der Waals surface area contributed by atoms with Crippen molar-refractivity contribution in [3.63, 3.8) is 0 Å². The predicted molar refractivity (Wildman–Crippen MR) is 139 cm³/mol. The molecule has 1 aromatic heterocycles. The van der Waals surface area contributed by atoms with Gasteiger partial charge in [0.2, 0.25) is 12.7 Å². The number of aromatic nitrogens is 2. The van der Waals surface area contributed by atoms with Crippen LogP contribution in [0.4, 0.5) is 29.0 Å². The molecule has 0 spiro atoms. The molecule has 3 aliphatic rings. The molecule has 10 heteroatoms. The number of nitrogen functional groups attached to an aromatic ring is 1. The summed E-state index contributed by atoms with van der Waals surface area (Å²) >= 11 is 0. The third kappa shape index (κ3) is 5.09. The number of hydrogen-bond donors (Lipinski definition) is 2. The van der Waals surface area contributed by atoms with Gasteiger partial charge in [0.15, 0.2) is 11.5 Å². The van der Waals surface area contributed by atoms with Gasteiger partial charge in [0.05, 0.1) is 13.2 Å². The molecule has 0 amide bonds. The van der Waals surface area contributed by atoms with Crippen molar-refractivity contribution in [1.29, 1.82) is 0 Å². The Bertz CT molecular complexity index is 1190. The lowest BCUT2D eigenvalue weighted by molar-refractivity contribution is 0.122. The van der Waals surface area contributed by atoms with Crippen molar-refractivity contribution < 1.29 is 14.2 Å². The number of fused-ring (bicyclic) bond motifs is 1. The molecule has 4 heterocycles. The molecule has 0 radical (unpaired) electrons. The number of ether oxygens (including phenoxy) is 3. The van der Waals surface area contributed by atoms with Gasteiger partial charge in [0.25, 0.3) is 0 Å². The van der Waals surface area contributed by atoms with E-state index in [2.05, 4.69) is 66.4 Å². The van der Waals surface area contributed by atoms with Gasteiger partial charge in [0, 0.05) is 63.3 Å². The fourth-order valence-electron chi connectivity index (χ4n) is 4.84. The van der Waals surface area contributed by atoms with E-state index in [-0.39, 0.29) is 5.95 Å². The first-order valence-corrected chi connectivity index (χ1v) is 12.4. The molecule has 3 N–H and O–H groups in total. The fourth-order valence-corrected chi connectivity index (χ4v) is 4.84. The summed E-state index contributed by atoms with van der Waals surface area (Å²) in [6.07, 6.45) is 0. The summed E-state index contributed by atoms with van der Waals surface area (Å²) in [5.74, 6) is 3.46. The quantitative estimate of drug-likeness (QED) is 0.537. The van der Waals surface area contributed by atoms with E-state index in [0.29, 0.717) is 12.6 Å². The van der Waals surface area contributed by atoms with Crippen LogP contribution in [0.3, 0.4) is 0 Å². The average molecular weight is 490 g/mol. The van der Waals surface area contributed by atoms with Crippen molar-refractivity contribution in [2.24, 2.45) is 0 Å². The van der Waals surface area contributed by atoms with Gasteiger partial charge in [-0.2, -0.15) is 9.97 Å². The average Bonchev–Trinajstić information content (AvgIpc) is 3.38. The van der Waals surface area contributed by atoms with Crippen molar-refractivity contribution in [2.45, 2.75) is 6.54 Å². The van der Waals surface area contributed by atoms with Crippen molar-refractivity contribution >= 4 is 29.0 Å². The van der Waals surface area contributed by atoms with Gasteiger partial charge in [-0.25, -0.2) is 0 Å². The first kappa shape index (κ1) is 22.7. The zero-order valence-electron chi connectivity index (χ0n) is 20.2. The van der Waals surface area contributed by atoms with Gasteiger partial charge in [0.1, 0.15) is 11.6 Å². The van der Waals surface area contributed by atoms with Gasteiger partial charge in [-0.05, 0) is 42.0 Å². The molecule has 0 saturated carbocycles. The Labute approximate surface area is 210 Å². The highest BCUT2D eigenvalue weighted by Gasteiger charge is 2.21. The standard InChI is InChI=1S/C26H31N7O3/c27-26-29-24(28-20-2-4-21(5-3-20)32-11-13-34-14-12-32)16-25(30-26)33-9-7-31(8-10-33)17-19-1-6-22-23(15-19)36-18-35-22/h1-6,15-16H,7-14,17-18H2,(H3,27,28,29,30). The predicted octanol–water partition coefficient (Wildman–Crippen LogP) is 2.69. The van der Waals surface area contributed by atoms with Gasteiger partial charge in [-0.15, -0.1) is 0 Å². The largest absolute Gasteiger partial charge is 0.454 e. The number of benzene rings is 2. The molecule has 3 aliphatic heterocycles. The molecule has 36 heavy (non-hydrogen) atoms. The first-order valence-electron chi connectivity index (χ1n) is 12.4. The summed E-state index contributed by atoms with van der Waals surface area (Å²) in [5.41, 5.74) is 9.46. The third-order valence-corrected chi connectivity index (χ3v) is 6.79. The smallest absolute Gasteiger partial charge is 0.231 e. The minimum absolute atomic E-state index is 0.266. The van der Waals surface area contributed by atoms with Crippen LogP contribution in [0.2, 0.25) is 0 Å². The molecule has 2 saturated heterocycles. The molecule has 188 valence electrons. The van der Waals surface area contributed by atoms with Crippen molar-refractivity contribution in [1.82, 2.24) is 14.9 Å². The number of hydrogen-bond acceptors (Lipinski definition) is 10. The van der Waals surface area contributed by atoms with Crippen LogP contribution in [-0.2, 0) is 11.3 Å². The second-order valence-corrected chi connectivity index (χ2v) is 9.19. The maximum absolute atomic E-state index is 6.08. The first-order chi connectivity index (χ1) is 17.7. The van der Waals surface area contributed by atoms with Crippen LogP contribution >= 0.6 is 0 Å². The SMILES string of the molecule is Nc1nc(Nc2ccc(N3CCOCC3)cc2)cc(N2CCN(Cc3ccc4c(c3)OCO4)CC2)n1. The molecular formula is C26H31N7O3. The summed E-state index contributed by atoms with van der Waals surface area (Å²) < 4.78 is 16.4. The van der Waals surface area contributed by atoms with Gasteiger partial charge >= 0.3 is 0 Å². The Balaban J connectivity index is 1.07. The minimum atomic E-state index is 0.266. The summed E-state index contributed by atoms with van der Waals surface area (Å²) in [7, 11) is 0. The molecule has 2 fully saturated rings. The highest BCUT2D eigenvalue weighted by atomic mass is 16.7. The van der Waals surface area contributed by atoms with Gasteiger partial charge in [-0.1, -0.05) is 6.07 Å². The van der Waals surface area contributed by atoms with Crippen molar-refractivity contribution in [3.8, 4) is 11.5 Å². The van der Waals surface area contributed by atoms with Crippen molar-refractivity contribution in [2.75, 3.05) is 80.1 Å². The zero-order chi connectivity index (χ0) is 24.3. The van der Waals surface area contributed by atoms with Gasteiger partial charge in [-0.3, -0.25) is 4.90 Å². The van der Waals surface area contributed by atoms with E-state index in [1.807, 2.05) is 12.1 Å². The molecule has 0 unspecified atom stereocenters. The lowest BCUT2D eigenvalue weighted by atomic mass is 10.1. The van der Waals surface area contributed by atoms with E-state index in [9.17, 15) is 0 Å². The van der Waals surface area contributed by atoms with Crippen LogP contribution in [0.15, 0.2) is 48.5 Å². The number of rotatable bonds is 6. The molecule has 0 atom stereocenters. The van der Waals surface area contributed by atoms with E-state index in [0.717, 1.165) is 82.0 Å². The summed E-state index contributed by atoms with van der Waals surface area (Å²) in [5, 5.41) is 3.38. The minimum Gasteiger partial charge on any atom is -0.454 e. The normalized spacial score (nSPS) is 17.9. The highest BCUT2D eigenvalue weighted by Crippen LogP contribution is 2.33. The second-order valence-electron chi connectivity index (χ2n) is 9.19. The Kier molecular flexibility index (Phi) is 6.35. The Morgan fingerprint density at radius 3 is 2.39 bits per heavy atom. The van der Waals surface area contributed by atoms with E-state index < -0.39 is 0 Å². The van der Waals surface area contributed by atoms with Crippen molar-refractivity contribution in [3.05, 3.63) is 54.1 Å². The highest BCUT2D eigenvalue weighted by molar-refractivity contribution is 5.64. The Hall–Kier alpha value is -3.76. The maximum atomic E-state index is 6.08. The van der Waals surface area contributed by atoms with Crippen LogP contribution in [0.5, 0.6) is 11.5 Å². The van der Waals surface area contributed by atoms with Crippen LogP contribution in [0, 0.1) is 0 Å².